The molecule has 0 saturated carbocycles. The lowest BCUT2D eigenvalue weighted by atomic mass is 9.82. The average Bonchev–Trinajstić information content (AvgIpc) is 3.83. The van der Waals surface area contributed by atoms with Gasteiger partial charge in [-0.3, -0.25) is 0 Å². The Morgan fingerprint density at radius 2 is 0.415 bits per heavy atom. The Bertz CT molecular complexity index is 2980. The third kappa shape index (κ3) is 5.69. The van der Waals surface area contributed by atoms with Crippen LogP contribution in [-0.2, 0) is 21.7 Å². The minimum absolute atomic E-state index is 0.191. The maximum Gasteiger partial charge on any atom is 0.179 e. The third-order valence-corrected chi connectivity index (χ3v) is 23.0. The SMILES string of the molecule is CC1(C)c2cc(Br)ccc2-c2ccc([Si](c3ccc4c(c3)C(C)(C)c3cc(Br)ccc3-4)(c3ccc4c(c3)C(C)(C)c3cc(Br)ccc3-4)c3ccc4c(c3)C(C)(C)c3cc(Br)ccc3-4)cc21. The van der Waals surface area contributed by atoms with Crippen LogP contribution in [0.2, 0.25) is 0 Å². The Balaban J connectivity index is 1.21. The largest absolute Gasteiger partial charge is 0.179 e. The summed E-state index contributed by atoms with van der Waals surface area (Å²) in [5.41, 5.74) is 21.0. The van der Waals surface area contributed by atoms with Crippen LogP contribution in [-0.4, -0.2) is 8.07 Å². The van der Waals surface area contributed by atoms with Gasteiger partial charge >= 0.3 is 0 Å². The summed E-state index contributed by atoms with van der Waals surface area (Å²) < 4.78 is 4.49. The van der Waals surface area contributed by atoms with Crippen LogP contribution >= 0.6 is 63.7 Å². The molecule has 65 heavy (non-hydrogen) atoms. The van der Waals surface area contributed by atoms with Crippen molar-refractivity contribution in [3.05, 3.63) is 208 Å². The van der Waals surface area contributed by atoms with Crippen LogP contribution in [0.3, 0.4) is 0 Å². The molecular formula is C60H48Br4Si. The van der Waals surface area contributed by atoms with Crippen molar-refractivity contribution in [3.8, 4) is 44.5 Å². The normalized spacial score (nSPS) is 16.8. The summed E-state index contributed by atoms with van der Waals surface area (Å²) in [6.45, 7) is 19.4. The van der Waals surface area contributed by atoms with E-state index in [1.165, 1.54) is 110 Å². The number of fused-ring (bicyclic) bond motifs is 12. The Hall–Kier alpha value is -4.10. The van der Waals surface area contributed by atoms with Gasteiger partial charge in [-0.05, 0) is 158 Å². The zero-order chi connectivity index (χ0) is 45.3. The Morgan fingerprint density at radius 3 is 0.615 bits per heavy atom. The van der Waals surface area contributed by atoms with Crippen LogP contribution in [0.5, 0.6) is 0 Å². The molecule has 0 nitrogen and oxygen atoms in total. The van der Waals surface area contributed by atoms with Crippen molar-refractivity contribution in [2.45, 2.75) is 77.0 Å². The smallest absolute Gasteiger partial charge is 0.0613 e. The van der Waals surface area contributed by atoms with E-state index >= 15 is 0 Å². The predicted octanol–water partition coefficient (Wildman–Crippen LogP) is 15.3. The van der Waals surface area contributed by atoms with Crippen molar-refractivity contribution in [1.82, 2.24) is 0 Å². The van der Waals surface area contributed by atoms with Crippen molar-refractivity contribution < 1.29 is 0 Å². The molecule has 4 aliphatic rings. The molecule has 320 valence electrons. The first-order chi connectivity index (χ1) is 30.8. The fraction of sp³-hybridized carbons (Fsp3) is 0.200. The van der Waals surface area contributed by atoms with Gasteiger partial charge in [0.2, 0.25) is 0 Å². The molecule has 0 spiro atoms. The van der Waals surface area contributed by atoms with Crippen LogP contribution in [0.4, 0.5) is 0 Å². The molecule has 0 fully saturated rings. The summed E-state index contributed by atoms with van der Waals surface area (Å²) in [4.78, 5) is 0. The second-order valence-electron chi connectivity index (χ2n) is 21.1. The van der Waals surface area contributed by atoms with Gasteiger partial charge in [0.05, 0.1) is 0 Å². The molecule has 12 rings (SSSR count). The van der Waals surface area contributed by atoms with Crippen molar-refractivity contribution in [2.75, 3.05) is 0 Å². The second-order valence-corrected chi connectivity index (χ2v) is 28.5. The summed E-state index contributed by atoms with van der Waals surface area (Å²) >= 11 is 15.4. The van der Waals surface area contributed by atoms with E-state index in [-0.39, 0.29) is 21.7 Å². The summed E-state index contributed by atoms with van der Waals surface area (Å²) in [6.07, 6.45) is 0. The number of rotatable bonds is 4. The maximum atomic E-state index is 3.84. The molecule has 0 bridgehead atoms. The Morgan fingerprint density at radius 1 is 0.246 bits per heavy atom. The first-order valence-electron chi connectivity index (χ1n) is 22.7. The van der Waals surface area contributed by atoms with Gasteiger partial charge in [-0.1, -0.05) is 216 Å². The molecule has 0 saturated heterocycles. The quantitative estimate of drug-likeness (QED) is 0.122. The molecule has 0 heterocycles. The highest BCUT2D eigenvalue weighted by Gasteiger charge is 2.49. The zero-order valence-corrected chi connectivity index (χ0v) is 45.2. The number of halogens is 4. The zero-order valence-electron chi connectivity index (χ0n) is 37.9. The molecule has 8 aromatic carbocycles. The van der Waals surface area contributed by atoms with Crippen LogP contribution < -0.4 is 20.7 Å². The fourth-order valence-corrected chi connectivity index (χ4v) is 19.0. The van der Waals surface area contributed by atoms with E-state index in [1.807, 2.05) is 0 Å². The topological polar surface area (TPSA) is 0 Å². The monoisotopic (exact) mass is 1110 g/mol. The van der Waals surface area contributed by atoms with E-state index in [0.29, 0.717) is 0 Å². The summed E-state index contributed by atoms with van der Waals surface area (Å²) in [6, 6.07) is 58.0. The molecular weight excluding hydrogens is 1070 g/mol. The number of benzene rings is 8. The van der Waals surface area contributed by atoms with Crippen LogP contribution in [0, 0.1) is 0 Å². The molecule has 0 unspecified atom stereocenters. The van der Waals surface area contributed by atoms with E-state index < -0.39 is 8.07 Å². The van der Waals surface area contributed by atoms with Gasteiger partial charge in [0, 0.05) is 39.6 Å². The van der Waals surface area contributed by atoms with Crippen molar-refractivity contribution >= 4 is 92.5 Å². The van der Waals surface area contributed by atoms with Gasteiger partial charge < -0.3 is 0 Å². The highest BCUT2D eigenvalue weighted by molar-refractivity contribution is 9.11. The maximum absolute atomic E-state index is 3.84. The standard InChI is InChI=1S/C60H48Br4Si/c1-57(2)49-25-33(61)9-17-41(49)45-21-13-37(29-53(45)57)65(38-14-22-46-42-18-10-34(62)26-50(42)58(3,4)54(46)30-38,39-15-23-47-43-19-11-35(63)27-51(43)59(5,6)55(47)31-39)40-16-24-48-44-20-12-36(64)28-52(44)60(7,8)56(48)32-40/h9-32H,1-8H3. The minimum atomic E-state index is -3.22. The molecule has 0 aliphatic heterocycles. The second kappa shape index (κ2) is 14.0. The average molecular weight is 1120 g/mol. The van der Waals surface area contributed by atoms with E-state index in [9.17, 15) is 0 Å². The Kier molecular flexibility index (Phi) is 9.09. The molecule has 0 aromatic heterocycles. The predicted molar refractivity (Wildman–Crippen MR) is 291 cm³/mol. The summed E-state index contributed by atoms with van der Waals surface area (Å²) in [7, 11) is -3.22. The van der Waals surface area contributed by atoms with Crippen LogP contribution in [0.1, 0.15) is 99.9 Å². The van der Waals surface area contributed by atoms with Gasteiger partial charge in [-0.25, -0.2) is 0 Å². The van der Waals surface area contributed by atoms with Crippen molar-refractivity contribution in [2.24, 2.45) is 0 Å². The minimum Gasteiger partial charge on any atom is -0.0613 e. The van der Waals surface area contributed by atoms with Crippen molar-refractivity contribution in [1.29, 1.82) is 0 Å². The summed E-state index contributed by atoms with van der Waals surface area (Å²) in [5.74, 6) is 0. The first-order valence-corrected chi connectivity index (χ1v) is 27.8. The lowest BCUT2D eigenvalue weighted by molar-refractivity contribution is 0.660. The van der Waals surface area contributed by atoms with Crippen LogP contribution in [0.25, 0.3) is 44.5 Å². The van der Waals surface area contributed by atoms with Crippen molar-refractivity contribution in [3.63, 3.8) is 0 Å². The Labute approximate surface area is 418 Å². The van der Waals surface area contributed by atoms with Gasteiger partial charge in [-0.2, -0.15) is 0 Å². The third-order valence-electron chi connectivity index (χ3n) is 16.3. The lowest BCUT2D eigenvalue weighted by Crippen LogP contribution is -2.75. The van der Waals surface area contributed by atoms with E-state index in [4.69, 9.17) is 0 Å². The van der Waals surface area contributed by atoms with Crippen LogP contribution in [0.15, 0.2) is 163 Å². The molecule has 4 aliphatic carbocycles. The number of hydrogen-bond donors (Lipinski definition) is 0. The highest BCUT2D eigenvalue weighted by Crippen LogP contribution is 2.53. The highest BCUT2D eigenvalue weighted by atomic mass is 79.9. The molecule has 0 atom stereocenters. The molecule has 8 aromatic rings. The summed E-state index contributed by atoms with van der Waals surface area (Å²) in [5, 5.41) is 5.66. The molecule has 0 radical (unpaired) electrons. The molecule has 0 amide bonds. The number of hydrogen-bond acceptors (Lipinski definition) is 0. The van der Waals surface area contributed by atoms with Gasteiger partial charge in [-0.15, -0.1) is 0 Å². The first kappa shape index (κ1) is 42.3. The molecule has 0 N–H and O–H groups in total. The lowest BCUT2D eigenvalue weighted by Gasteiger charge is -2.38. The molecule has 5 heteroatoms. The van der Waals surface area contributed by atoms with Gasteiger partial charge in [0.1, 0.15) is 0 Å². The van der Waals surface area contributed by atoms with E-state index in [2.05, 4.69) is 265 Å². The van der Waals surface area contributed by atoms with Gasteiger partial charge in [0.15, 0.2) is 8.07 Å². The van der Waals surface area contributed by atoms with E-state index in [1.54, 1.807) is 0 Å². The fourth-order valence-electron chi connectivity index (χ4n) is 12.8. The van der Waals surface area contributed by atoms with Gasteiger partial charge in [0.25, 0.3) is 0 Å². The van der Waals surface area contributed by atoms with E-state index in [0.717, 1.165) is 17.9 Å².